The Morgan fingerprint density at radius 1 is 0.867 bits per heavy atom. The Balaban J connectivity index is 1.35. The van der Waals surface area contributed by atoms with E-state index in [-0.39, 0.29) is 11.8 Å². The highest BCUT2D eigenvalue weighted by Gasteiger charge is 2.35. The van der Waals surface area contributed by atoms with Gasteiger partial charge < -0.3 is 4.90 Å². The second kappa shape index (κ2) is 8.34. The van der Waals surface area contributed by atoms with Crippen molar-refractivity contribution in [2.75, 3.05) is 13.1 Å². The highest BCUT2D eigenvalue weighted by Crippen LogP contribution is 2.41. The highest BCUT2D eigenvalue weighted by molar-refractivity contribution is 5.78. The van der Waals surface area contributed by atoms with E-state index in [0.29, 0.717) is 12.3 Å². The molecule has 1 aliphatic heterocycles. The molecular weight excluding hydrogens is 372 g/mol. The summed E-state index contributed by atoms with van der Waals surface area (Å²) in [5.74, 6) is 0.880. The van der Waals surface area contributed by atoms with Crippen molar-refractivity contribution >= 4 is 5.91 Å². The summed E-state index contributed by atoms with van der Waals surface area (Å²) in [4.78, 5) is 28.5. The molecule has 0 N–H and O–H groups in total. The number of amides is 1. The molecule has 152 valence electrons. The maximum atomic E-state index is 12.8. The second-order valence-electron chi connectivity index (χ2n) is 8.32. The Labute approximate surface area is 177 Å². The molecule has 0 saturated carbocycles. The van der Waals surface area contributed by atoms with Crippen LogP contribution in [-0.2, 0) is 24.1 Å². The van der Waals surface area contributed by atoms with Crippen LogP contribution in [0.5, 0.6) is 0 Å². The van der Waals surface area contributed by atoms with Crippen molar-refractivity contribution in [2.24, 2.45) is 5.92 Å². The molecule has 2 aliphatic rings. The zero-order valence-corrected chi connectivity index (χ0v) is 17.1. The highest BCUT2D eigenvalue weighted by atomic mass is 16.2. The maximum absolute atomic E-state index is 12.8. The Bertz CT molecular complexity index is 981. The molecule has 0 atom stereocenters. The van der Waals surface area contributed by atoms with Gasteiger partial charge in [-0.2, -0.15) is 0 Å². The van der Waals surface area contributed by atoms with Crippen molar-refractivity contribution in [1.82, 2.24) is 19.9 Å². The SMILES string of the molecule is O=C(Cc1ccncc1)N1CCC(C2c3ncccc3CCc3cccnc32)CC1. The molecule has 0 radical (unpaired) electrons. The van der Waals surface area contributed by atoms with Crippen molar-refractivity contribution in [1.29, 1.82) is 0 Å². The lowest BCUT2D eigenvalue weighted by Crippen LogP contribution is -2.41. The number of piperidine rings is 1. The predicted molar refractivity (Wildman–Crippen MR) is 115 cm³/mol. The van der Waals surface area contributed by atoms with Gasteiger partial charge in [0.2, 0.25) is 5.91 Å². The van der Waals surface area contributed by atoms with Gasteiger partial charge in [0.15, 0.2) is 0 Å². The average molecular weight is 399 g/mol. The molecule has 1 saturated heterocycles. The van der Waals surface area contributed by atoms with E-state index in [2.05, 4.69) is 17.1 Å². The lowest BCUT2D eigenvalue weighted by molar-refractivity contribution is -0.131. The van der Waals surface area contributed by atoms with E-state index in [1.807, 2.05) is 41.6 Å². The fraction of sp³-hybridized carbons (Fsp3) is 0.360. The predicted octanol–water partition coefficient (Wildman–Crippen LogP) is 3.58. The van der Waals surface area contributed by atoms with Crippen LogP contribution < -0.4 is 0 Å². The number of carbonyl (C=O) groups excluding carboxylic acids is 1. The van der Waals surface area contributed by atoms with Crippen molar-refractivity contribution in [3.8, 4) is 0 Å². The van der Waals surface area contributed by atoms with Gasteiger partial charge in [0.1, 0.15) is 0 Å². The standard InChI is InChI=1S/C25H26N4O/c30-22(17-18-7-13-26-14-8-18)29-15-9-19(10-16-29)23-24-20(3-1-11-27-24)5-6-21-4-2-12-28-25(21)23/h1-4,7-8,11-14,19,23H,5-6,9-10,15-17H2. The number of aryl methyl sites for hydroxylation is 2. The molecule has 1 amide bonds. The minimum absolute atomic E-state index is 0.206. The van der Waals surface area contributed by atoms with E-state index in [4.69, 9.17) is 9.97 Å². The van der Waals surface area contributed by atoms with Crippen molar-refractivity contribution < 1.29 is 4.79 Å². The molecule has 0 aromatic carbocycles. The van der Waals surface area contributed by atoms with Gasteiger partial charge in [0, 0.05) is 43.8 Å². The van der Waals surface area contributed by atoms with E-state index in [1.54, 1.807) is 12.4 Å². The number of aromatic nitrogens is 3. The van der Waals surface area contributed by atoms with Gasteiger partial charge >= 0.3 is 0 Å². The number of fused-ring (bicyclic) bond motifs is 2. The fourth-order valence-electron chi connectivity index (χ4n) is 5.00. The van der Waals surface area contributed by atoms with Gasteiger partial charge in [-0.25, -0.2) is 0 Å². The lowest BCUT2D eigenvalue weighted by Gasteiger charge is -2.36. The van der Waals surface area contributed by atoms with E-state index in [1.165, 1.54) is 22.5 Å². The third kappa shape index (κ3) is 3.72. The first-order valence-electron chi connectivity index (χ1n) is 10.8. The quantitative estimate of drug-likeness (QED) is 0.677. The molecule has 30 heavy (non-hydrogen) atoms. The molecule has 5 nitrogen and oxygen atoms in total. The summed E-state index contributed by atoms with van der Waals surface area (Å²) in [6.45, 7) is 1.60. The normalized spacial score (nSPS) is 17.1. The topological polar surface area (TPSA) is 59.0 Å². The minimum atomic E-state index is 0.206. The number of carbonyl (C=O) groups is 1. The zero-order valence-electron chi connectivity index (χ0n) is 17.1. The third-order valence-electron chi connectivity index (χ3n) is 6.57. The first-order chi connectivity index (χ1) is 14.8. The second-order valence-corrected chi connectivity index (χ2v) is 8.32. The molecular formula is C25H26N4O. The summed E-state index contributed by atoms with van der Waals surface area (Å²) in [5, 5.41) is 0. The summed E-state index contributed by atoms with van der Waals surface area (Å²) in [6, 6.07) is 12.4. The Morgan fingerprint density at radius 3 is 2.07 bits per heavy atom. The van der Waals surface area contributed by atoms with E-state index in [9.17, 15) is 4.79 Å². The smallest absolute Gasteiger partial charge is 0.226 e. The molecule has 1 fully saturated rings. The number of rotatable bonds is 3. The molecule has 0 spiro atoms. The largest absolute Gasteiger partial charge is 0.342 e. The first kappa shape index (κ1) is 18.9. The first-order valence-corrected chi connectivity index (χ1v) is 10.8. The van der Waals surface area contributed by atoms with Gasteiger partial charge in [-0.05, 0) is 72.6 Å². The Morgan fingerprint density at radius 2 is 1.47 bits per heavy atom. The molecule has 5 rings (SSSR count). The number of pyridine rings is 3. The Kier molecular flexibility index (Phi) is 5.26. The summed E-state index contributed by atoms with van der Waals surface area (Å²) >= 11 is 0. The molecule has 4 heterocycles. The zero-order chi connectivity index (χ0) is 20.3. The number of likely N-dealkylation sites (tertiary alicyclic amines) is 1. The molecule has 0 bridgehead atoms. The Hall–Kier alpha value is -3.08. The summed E-state index contributed by atoms with van der Waals surface area (Å²) in [7, 11) is 0. The minimum Gasteiger partial charge on any atom is -0.342 e. The number of hydrogen-bond acceptors (Lipinski definition) is 4. The van der Waals surface area contributed by atoms with Crippen molar-refractivity contribution in [3.63, 3.8) is 0 Å². The van der Waals surface area contributed by atoms with Crippen LogP contribution in [0.2, 0.25) is 0 Å². The van der Waals surface area contributed by atoms with E-state index < -0.39 is 0 Å². The molecule has 5 heteroatoms. The lowest BCUT2D eigenvalue weighted by atomic mass is 9.78. The van der Waals surface area contributed by atoms with Gasteiger partial charge in [0.05, 0.1) is 17.8 Å². The fourth-order valence-corrected chi connectivity index (χ4v) is 5.00. The van der Waals surface area contributed by atoms with Gasteiger partial charge in [-0.1, -0.05) is 12.1 Å². The molecule has 0 unspecified atom stereocenters. The van der Waals surface area contributed by atoms with Crippen LogP contribution >= 0.6 is 0 Å². The van der Waals surface area contributed by atoms with E-state index >= 15 is 0 Å². The van der Waals surface area contributed by atoms with Crippen LogP contribution in [-0.4, -0.2) is 38.8 Å². The van der Waals surface area contributed by atoms with Crippen LogP contribution in [0.25, 0.3) is 0 Å². The van der Waals surface area contributed by atoms with E-state index in [0.717, 1.165) is 44.3 Å². The maximum Gasteiger partial charge on any atom is 0.226 e. The monoisotopic (exact) mass is 398 g/mol. The van der Waals surface area contributed by atoms with Crippen LogP contribution in [0, 0.1) is 5.92 Å². The number of nitrogens with zero attached hydrogens (tertiary/aromatic N) is 4. The van der Waals surface area contributed by atoms with Gasteiger partial charge in [0.25, 0.3) is 0 Å². The summed E-state index contributed by atoms with van der Waals surface area (Å²) in [5.41, 5.74) is 6.10. The van der Waals surface area contributed by atoms with Gasteiger partial charge in [-0.15, -0.1) is 0 Å². The summed E-state index contributed by atoms with van der Waals surface area (Å²) in [6.07, 6.45) is 11.8. The third-order valence-corrected chi connectivity index (χ3v) is 6.57. The van der Waals surface area contributed by atoms with Crippen molar-refractivity contribution in [2.45, 2.75) is 38.0 Å². The van der Waals surface area contributed by atoms with Crippen molar-refractivity contribution in [3.05, 3.63) is 89.3 Å². The van der Waals surface area contributed by atoms with Crippen LogP contribution in [0.3, 0.4) is 0 Å². The molecule has 1 aliphatic carbocycles. The van der Waals surface area contributed by atoms with Crippen LogP contribution in [0.4, 0.5) is 0 Å². The van der Waals surface area contributed by atoms with Crippen LogP contribution in [0.1, 0.15) is 46.8 Å². The number of hydrogen-bond donors (Lipinski definition) is 0. The molecule has 3 aromatic heterocycles. The van der Waals surface area contributed by atoms with Gasteiger partial charge in [-0.3, -0.25) is 19.7 Å². The van der Waals surface area contributed by atoms with Crippen LogP contribution in [0.15, 0.2) is 61.2 Å². The average Bonchev–Trinajstić information content (AvgIpc) is 2.97. The molecule has 3 aromatic rings. The summed E-state index contributed by atoms with van der Waals surface area (Å²) < 4.78 is 0.